The van der Waals surface area contributed by atoms with Crippen LogP contribution in [0.3, 0.4) is 0 Å². The Labute approximate surface area is 101 Å². The Kier molecular flexibility index (Phi) is 4.09. The average molecular weight is 243 g/mol. The van der Waals surface area contributed by atoms with Crippen molar-refractivity contribution in [2.24, 2.45) is 5.73 Å². The van der Waals surface area contributed by atoms with Crippen molar-refractivity contribution in [3.63, 3.8) is 0 Å². The van der Waals surface area contributed by atoms with E-state index >= 15 is 0 Å². The van der Waals surface area contributed by atoms with Crippen molar-refractivity contribution in [2.75, 3.05) is 7.11 Å². The van der Waals surface area contributed by atoms with Crippen molar-refractivity contribution < 1.29 is 13.5 Å². The van der Waals surface area contributed by atoms with Crippen molar-refractivity contribution >= 4 is 0 Å². The fraction of sp³-hybridized carbons (Fsp3) is 0.538. The largest absolute Gasteiger partial charge is 0.496 e. The SMILES string of the molecule is COc1c(C)cc(CC(C)(N)C(F)F)cc1C. The van der Waals surface area contributed by atoms with Gasteiger partial charge in [-0.05, 0) is 43.9 Å². The number of methoxy groups -OCH3 is 1. The zero-order valence-corrected chi connectivity index (χ0v) is 10.7. The van der Waals surface area contributed by atoms with E-state index in [-0.39, 0.29) is 6.42 Å². The molecule has 0 fully saturated rings. The Balaban J connectivity index is 3.02. The zero-order valence-electron chi connectivity index (χ0n) is 10.7. The van der Waals surface area contributed by atoms with E-state index in [4.69, 9.17) is 10.5 Å². The second kappa shape index (κ2) is 5.00. The summed E-state index contributed by atoms with van der Waals surface area (Å²) in [6.07, 6.45) is -2.39. The summed E-state index contributed by atoms with van der Waals surface area (Å²) in [4.78, 5) is 0. The lowest BCUT2D eigenvalue weighted by molar-refractivity contribution is 0.0639. The molecule has 1 unspecified atom stereocenters. The van der Waals surface area contributed by atoms with E-state index in [1.165, 1.54) is 6.92 Å². The summed E-state index contributed by atoms with van der Waals surface area (Å²) in [6.45, 7) is 5.16. The molecule has 1 rings (SSSR count). The van der Waals surface area contributed by atoms with Crippen LogP contribution in [-0.4, -0.2) is 19.1 Å². The lowest BCUT2D eigenvalue weighted by Crippen LogP contribution is -2.45. The predicted molar refractivity (Wildman–Crippen MR) is 64.8 cm³/mol. The van der Waals surface area contributed by atoms with Gasteiger partial charge in [0, 0.05) is 0 Å². The molecular weight excluding hydrogens is 224 g/mol. The fourth-order valence-electron chi connectivity index (χ4n) is 1.98. The molecule has 4 heteroatoms. The van der Waals surface area contributed by atoms with Crippen LogP contribution in [0.4, 0.5) is 8.78 Å². The first-order chi connectivity index (χ1) is 7.77. The summed E-state index contributed by atoms with van der Waals surface area (Å²) in [6, 6.07) is 3.69. The van der Waals surface area contributed by atoms with Crippen LogP contribution in [0.5, 0.6) is 5.75 Å². The van der Waals surface area contributed by atoms with Crippen molar-refractivity contribution in [1.82, 2.24) is 0 Å². The highest BCUT2D eigenvalue weighted by Gasteiger charge is 2.30. The van der Waals surface area contributed by atoms with Gasteiger partial charge in [0.05, 0.1) is 12.6 Å². The smallest absolute Gasteiger partial charge is 0.256 e. The number of ether oxygens (including phenoxy) is 1. The Bertz CT molecular complexity index is 379. The second-order valence-corrected chi connectivity index (χ2v) is 4.75. The quantitative estimate of drug-likeness (QED) is 0.882. The van der Waals surface area contributed by atoms with Crippen molar-refractivity contribution in [3.05, 3.63) is 28.8 Å². The van der Waals surface area contributed by atoms with Gasteiger partial charge in [0.1, 0.15) is 5.75 Å². The van der Waals surface area contributed by atoms with Crippen LogP contribution >= 0.6 is 0 Å². The number of benzene rings is 1. The highest BCUT2D eigenvalue weighted by Crippen LogP contribution is 2.27. The van der Waals surface area contributed by atoms with Crippen LogP contribution in [0.1, 0.15) is 23.6 Å². The van der Waals surface area contributed by atoms with E-state index in [1.807, 2.05) is 26.0 Å². The summed E-state index contributed by atoms with van der Waals surface area (Å²) in [7, 11) is 1.60. The number of halogens is 2. The minimum Gasteiger partial charge on any atom is -0.496 e. The van der Waals surface area contributed by atoms with Gasteiger partial charge in [-0.3, -0.25) is 0 Å². The van der Waals surface area contributed by atoms with Crippen LogP contribution in [0.15, 0.2) is 12.1 Å². The molecular formula is C13H19F2NO. The monoisotopic (exact) mass is 243 g/mol. The van der Waals surface area contributed by atoms with Gasteiger partial charge in [0.25, 0.3) is 6.43 Å². The highest BCUT2D eigenvalue weighted by atomic mass is 19.3. The van der Waals surface area contributed by atoms with Crippen LogP contribution in [0.25, 0.3) is 0 Å². The fourth-order valence-corrected chi connectivity index (χ4v) is 1.98. The van der Waals surface area contributed by atoms with Crippen LogP contribution in [0.2, 0.25) is 0 Å². The normalized spacial score (nSPS) is 14.8. The number of alkyl halides is 2. The molecule has 1 aromatic carbocycles. The first-order valence-corrected chi connectivity index (χ1v) is 5.49. The molecule has 0 aliphatic carbocycles. The van der Waals surface area contributed by atoms with Gasteiger partial charge in [0.15, 0.2) is 0 Å². The Hall–Kier alpha value is -1.16. The molecule has 0 heterocycles. The Morgan fingerprint density at radius 3 is 2.12 bits per heavy atom. The molecule has 0 aromatic heterocycles. The standard InChI is InChI=1S/C13H19F2NO/c1-8-5-10(6-9(2)11(8)17-4)7-13(3,16)12(14)15/h5-6,12H,7,16H2,1-4H3. The van der Waals surface area contributed by atoms with Gasteiger partial charge in [-0.2, -0.15) is 0 Å². The zero-order chi connectivity index (χ0) is 13.2. The van der Waals surface area contributed by atoms with Gasteiger partial charge < -0.3 is 10.5 Å². The molecule has 0 bridgehead atoms. The minimum absolute atomic E-state index is 0.149. The van der Waals surface area contributed by atoms with Gasteiger partial charge >= 0.3 is 0 Å². The number of aryl methyl sites for hydroxylation is 2. The Morgan fingerprint density at radius 1 is 1.29 bits per heavy atom. The molecule has 0 spiro atoms. The molecule has 0 saturated heterocycles. The highest BCUT2D eigenvalue weighted by molar-refractivity contribution is 5.43. The van der Waals surface area contributed by atoms with Crippen LogP contribution in [-0.2, 0) is 6.42 Å². The van der Waals surface area contributed by atoms with Crippen LogP contribution < -0.4 is 10.5 Å². The maximum atomic E-state index is 12.7. The number of hydrogen-bond donors (Lipinski definition) is 1. The summed E-state index contributed by atoms with van der Waals surface area (Å²) in [5, 5.41) is 0. The van der Waals surface area contributed by atoms with E-state index in [0.717, 1.165) is 22.4 Å². The van der Waals surface area contributed by atoms with E-state index in [1.54, 1.807) is 7.11 Å². The lowest BCUT2D eigenvalue weighted by atomic mass is 9.92. The van der Waals surface area contributed by atoms with E-state index < -0.39 is 12.0 Å². The third-order valence-corrected chi connectivity index (χ3v) is 2.81. The molecule has 2 N–H and O–H groups in total. The molecule has 0 aliphatic rings. The molecule has 2 nitrogen and oxygen atoms in total. The number of nitrogens with two attached hydrogens (primary N) is 1. The molecule has 96 valence electrons. The molecule has 0 aliphatic heterocycles. The predicted octanol–water partition coefficient (Wildman–Crippen LogP) is 2.84. The summed E-state index contributed by atoms with van der Waals surface area (Å²) < 4.78 is 30.6. The van der Waals surface area contributed by atoms with E-state index in [2.05, 4.69) is 0 Å². The third kappa shape index (κ3) is 3.16. The number of hydrogen-bond acceptors (Lipinski definition) is 2. The molecule has 0 radical (unpaired) electrons. The van der Waals surface area contributed by atoms with Crippen molar-refractivity contribution in [1.29, 1.82) is 0 Å². The van der Waals surface area contributed by atoms with Gasteiger partial charge in [-0.1, -0.05) is 12.1 Å². The van der Waals surface area contributed by atoms with E-state index in [0.29, 0.717) is 0 Å². The Morgan fingerprint density at radius 2 is 1.76 bits per heavy atom. The van der Waals surface area contributed by atoms with Gasteiger partial charge in [-0.15, -0.1) is 0 Å². The first-order valence-electron chi connectivity index (χ1n) is 5.49. The van der Waals surface area contributed by atoms with Crippen LogP contribution in [0, 0.1) is 13.8 Å². The topological polar surface area (TPSA) is 35.2 Å². The molecule has 17 heavy (non-hydrogen) atoms. The summed E-state index contributed by atoms with van der Waals surface area (Å²) in [5.74, 6) is 0.796. The van der Waals surface area contributed by atoms with Gasteiger partial charge in [0.2, 0.25) is 0 Å². The second-order valence-electron chi connectivity index (χ2n) is 4.75. The third-order valence-electron chi connectivity index (χ3n) is 2.81. The summed E-state index contributed by atoms with van der Waals surface area (Å²) >= 11 is 0. The maximum absolute atomic E-state index is 12.7. The maximum Gasteiger partial charge on any atom is 0.256 e. The first kappa shape index (κ1) is 13.9. The summed E-state index contributed by atoms with van der Waals surface area (Å²) in [5.41, 5.74) is 6.77. The van der Waals surface area contributed by atoms with Crippen molar-refractivity contribution in [3.8, 4) is 5.75 Å². The van der Waals surface area contributed by atoms with Gasteiger partial charge in [-0.25, -0.2) is 8.78 Å². The molecule has 1 aromatic rings. The lowest BCUT2D eigenvalue weighted by Gasteiger charge is -2.24. The molecule has 0 amide bonds. The minimum atomic E-state index is -2.54. The van der Waals surface area contributed by atoms with E-state index in [9.17, 15) is 8.78 Å². The molecule has 1 atom stereocenters. The van der Waals surface area contributed by atoms with Crippen molar-refractivity contribution in [2.45, 2.75) is 39.2 Å². The average Bonchev–Trinajstić information content (AvgIpc) is 2.15. The molecule has 0 saturated carbocycles. The number of rotatable bonds is 4.